The molecular weight excluding hydrogens is 360 g/mol. The van der Waals surface area contributed by atoms with Crippen LogP contribution in [0.4, 0.5) is 0 Å². The van der Waals surface area contributed by atoms with E-state index in [-0.39, 0.29) is 12.8 Å². The topological polar surface area (TPSA) is 119 Å². The van der Waals surface area contributed by atoms with E-state index in [2.05, 4.69) is 5.32 Å². The number of carbonyl (C=O) groups is 3. The van der Waals surface area contributed by atoms with Gasteiger partial charge in [-0.15, -0.1) is 0 Å². The number of carbonyl (C=O) groups excluding carboxylic acids is 2. The maximum absolute atomic E-state index is 12.3. The van der Waals surface area contributed by atoms with E-state index in [9.17, 15) is 14.4 Å². The molecule has 0 bridgehead atoms. The number of benzene rings is 2. The van der Waals surface area contributed by atoms with Gasteiger partial charge in [0.2, 0.25) is 5.91 Å². The van der Waals surface area contributed by atoms with E-state index in [0.29, 0.717) is 12.2 Å². The number of ether oxygens (including phenoxy) is 1. The Morgan fingerprint density at radius 2 is 1.61 bits per heavy atom. The first-order valence-corrected chi connectivity index (χ1v) is 9.06. The normalized spacial score (nSPS) is 11.5. The van der Waals surface area contributed by atoms with E-state index in [1.54, 1.807) is 24.3 Å². The Hall–Kier alpha value is -3.35. The van der Waals surface area contributed by atoms with Crippen LogP contribution in [0.1, 0.15) is 36.5 Å². The van der Waals surface area contributed by atoms with Crippen LogP contribution in [0.2, 0.25) is 0 Å². The number of hydrogen-bond donors (Lipinski definition) is 3. The van der Waals surface area contributed by atoms with Gasteiger partial charge in [0.05, 0.1) is 6.61 Å². The predicted molar refractivity (Wildman–Crippen MR) is 105 cm³/mol. The molecule has 0 saturated carbocycles. The molecule has 2 aromatic carbocycles. The Kier molecular flexibility index (Phi) is 7.56. The molecule has 0 aromatic heterocycles. The fourth-order valence-electron chi connectivity index (χ4n) is 2.57. The van der Waals surface area contributed by atoms with Crippen molar-refractivity contribution in [1.29, 1.82) is 0 Å². The molecule has 0 spiro atoms. The van der Waals surface area contributed by atoms with Gasteiger partial charge in [-0.25, -0.2) is 0 Å². The minimum atomic E-state index is -1.06. The second-order valence-electron chi connectivity index (χ2n) is 6.31. The molecule has 2 aromatic rings. The van der Waals surface area contributed by atoms with Gasteiger partial charge >= 0.3 is 5.97 Å². The van der Waals surface area contributed by atoms with Crippen LogP contribution in [0.5, 0.6) is 5.75 Å². The zero-order valence-corrected chi connectivity index (χ0v) is 15.7. The number of carboxylic acid groups (broad SMARTS) is 1. The summed E-state index contributed by atoms with van der Waals surface area (Å²) in [5, 5.41) is 11.2. The molecule has 2 rings (SSSR count). The summed E-state index contributed by atoms with van der Waals surface area (Å²) in [6, 6.07) is 13.5. The third-order valence-corrected chi connectivity index (χ3v) is 4.10. The monoisotopic (exact) mass is 384 g/mol. The van der Waals surface area contributed by atoms with Gasteiger partial charge in [0.1, 0.15) is 11.8 Å². The molecule has 28 heavy (non-hydrogen) atoms. The van der Waals surface area contributed by atoms with Crippen molar-refractivity contribution in [2.24, 2.45) is 5.73 Å². The molecule has 1 atom stereocenters. The van der Waals surface area contributed by atoms with Gasteiger partial charge < -0.3 is 20.9 Å². The number of rotatable bonds is 10. The molecule has 0 saturated heterocycles. The van der Waals surface area contributed by atoms with Gasteiger partial charge in [0, 0.05) is 12.0 Å². The van der Waals surface area contributed by atoms with Crippen molar-refractivity contribution in [3.8, 4) is 16.9 Å². The summed E-state index contributed by atoms with van der Waals surface area (Å²) < 4.78 is 5.56. The van der Waals surface area contributed by atoms with Crippen LogP contribution >= 0.6 is 0 Å². The second-order valence-corrected chi connectivity index (χ2v) is 6.31. The van der Waals surface area contributed by atoms with E-state index in [1.165, 1.54) is 0 Å². The van der Waals surface area contributed by atoms with Crippen LogP contribution in [0.3, 0.4) is 0 Å². The Labute approximate surface area is 163 Å². The molecule has 0 aliphatic carbocycles. The summed E-state index contributed by atoms with van der Waals surface area (Å²) in [5.41, 5.74) is 7.50. The van der Waals surface area contributed by atoms with Gasteiger partial charge in [-0.2, -0.15) is 0 Å². The lowest BCUT2D eigenvalue weighted by molar-refractivity contribution is -0.137. The highest BCUT2D eigenvalue weighted by atomic mass is 16.5. The van der Waals surface area contributed by atoms with Crippen LogP contribution in [0.25, 0.3) is 11.1 Å². The molecule has 148 valence electrons. The first-order chi connectivity index (χ1) is 13.4. The third-order valence-electron chi connectivity index (χ3n) is 4.10. The number of hydrogen-bond acceptors (Lipinski definition) is 4. The van der Waals surface area contributed by atoms with Crippen molar-refractivity contribution in [2.45, 2.75) is 32.2 Å². The van der Waals surface area contributed by atoms with Crippen LogP contribution in [-0.4, -0.2) is 35.5 Å². The first-order valence-electron chi connectivity index (χ1n) is 9.06. The minimum Gasteiger partial charge on any atom is -0.494 e. The zero-order valence-electron chi connectivity index (χ0n) is 15.7. The lowest BCUT2D eigenvalue weighted by Gasteiger charge is -2.14. The fourth-order valence-corrected chi connectivity index (χ4v) is 2.57. The Morgan fingerprint density at radius 1 is 1.04 bits per heavy atom. The molecule has 0 aliphatic heterocycles. The van der Waals surface area contributed by atoms with Crippen molar-refractivity contribution in [3.63, 3.8) is 0 Å². The number of aliphatic carboxylic acids is 1. The van der Waals surface area contributed by atoms with Gasteiger partial charge in [-0.05, 0) is 48.2 Å². The van der Waals surface area contributed by atoms with Gasteiger partial charge in [-0.1, -0.05) is 31.2 Å². The molecule has 7 nitrogen and oxygen atoms in total. The van der Waals surface area contributed by atoms with E-state index in [0.717, 1.165) is 23.3 Å². The number of nitrogens with one attached hydrogen (secondary N) is 1. The average molecular weight is 384 g/mol. The SMILES string of the molecule is CCCOc1ccc(-c2ccc(C(=O)N[C@@H](CCC(=O)O)C(N)=O)cc2)cc1. The Balaban J connectivity index is 2.03. The lowest BCUT2D eigenvalue weighted by atomic mass is 10.0. The molecule has 0 aliphatic rings. The number of amides is 2. The van der Waals surface area contributed by atoms with E-state index >= 15 is 0 Å². The van der Waals surface area contributed by atoms with E-state index < -0.39 is 23.8 Å². The molecule has 7 heteroatoms. The largest absolute Gasteiger partial charge is 0.494 e. The highest BCUT2D eigenvalue weighted by Gasteiger charge is 2.20. The highest BCUT2D eigenvalue weighted by molar-refractivity contribution is 5.97. The highest BCUT2D eigenvalue weighted by Crippen LogP contribution is 2.23. The molecule has 4 N–H and O–H groups in total. The smallest absolute Gasteiger partial charge is 0.303 e. The second kappa shape index (κ2) is 10.1. The van der Waals surface area contributed by atoms with Gasteiger partial charge in [0.25, 0.3) is 5.91 Å². The molecule has 0 fully saturated rings. The van der Waals surface area contributed by atoms with Gasteiger partial charge in [-0.3, -0.25) is 14.4 Å². The summed E-state index contributed by atoms with van der Waals surface area (Å²) in [4.78, 5) is 34.4. The summed E-state index contributed by atoms with van der Waals surface area (Å²) in [6.45, 7) is 2.71. The number of nitrogens with two attached hydrogens (primary N) is 1. The van der Waals surface area contributed by atoms with Crippen molar-refractivity contribution in [2.75, 3.05) is 6.61 Å². The predicted octanol–water partition coefficient (Wildman–Crippen LogP) is 2.59. The maximum Gasteiger partial charge on any atom is 0.303 e. The molecular formula is C21H24N2O5. The van der Waals surface area contributed by atoms with Crippen LogP contribution in [0.15, 0.2) is 48.5 Å². The van der Waals surface area contributed by atoms with Crippen molar-refractivity contribution in [3.05, 3.63) is 54.1 Å². The summed E-state index contributed by atoms with van der Waals surface area (Å²) >= 11 is 0. The number of primary amides is 1. The van der Waals surface area contributed by atoms with Crippen molar-refractivity contribution < 1.29 is 24.2 Å². The quantitative estimate of drug-likeness (QED) is 0.582. The zero-order chi connectivity index (χ0) is 20.5. The van der Waals surface area contributed by atoms with Crippen molar-refractivity contribution >= 4 is 17.8 Å². The third kappa shape index (κ3) is 6.12. The molecule has 0 radical (unpaired) electrons. The van der Waals surface area contributed by atoms with E-state index in [4.69, 9.17) is 15.6 Å². The average Bonchev–Trinajstić information content (AvgIpc) is 2.69. The summed E-state index contributed by atoms with van der Waals surface area (Å²) in [7, 11) is 0. The molecule has 0 heterocycles. The molecule has 0 unspecified atom stereocenters. The van der Waals surface area contributed by atoms with Crippen LogP contribution in [-0.2, 0) is 9.59 Å². The molecule has 2 amide bonds. The van der Waals surface area contributed by atoms with Crippen molar-refractivity contribution in [1.82, 2.24) is 5.32 Å². The summed E-state index contributed by atoms with van der Waals surface area (Å²) in [5.74, 6) is -1.50. The van der Waals surface area contributed by atoms with Crippen LogP contribution in [0, 0.1) is 0 Å². The lowest BCUT2D eigenvalue weighted by Crippen LogP contribution is -2.44. The van der Waals surface area contributed by atoms with Gasteiger partial charge in [0.15, 0.2) is 0 Å². The van der Waals surface area contributed by atoms with Crippen LogP contribution < -0.4 is 15.8 Å². The van der Waals surface area contributed by atoms with E-state index in [1.807, 2.05) is 31.2 Å². The minimum absolute atomic E-state index is 0.0546. The standard InChI is InChI=1S/C21H24N2O5/c1-2-13-28-17-9-7-15(8-10-17)14-3-5-16(6-4-14)21(27)23-18(20(22)26)11-12-19(24)25/h3-10,18H,2,11-13H2,1H3,(H2,22,26)(H,23,27)(H,24,25)/t18-/m0/s1. The Morgan fingerprint density at radius 3 is 2.11 bits per heavy atom. The summed E-state index contributed by atoms with van der Waals surface area (Å²) in [6.07, 6.45) is 0.629. The number of carboxylic acids is 1. The maximum atomic E-state index is 12.3. The fraction of sp³-hybridized carbons (Fsp3) is 0.286. The Bertz CT molecular complexity index is 816. The first kappa shape index (κ1) is 21.0.